The monoisotopic (exact) mass is 675 g/mol. The molecule has 0 saturated carbocycles. The van der Waals surface area contributed by atoms with E-state index in [2.05, 4.69) is 5.32 Å². The van der Waals surface area contributed by atoms with Gasteiger partial charge in [0, 0.05) is 53.5 Å². The minimum Gasteiger partial charge on any atom is -0.399 e. The third-order valence-electron chi connectivity index (χ3n) is 9.45. The van der Waals surface area contributed by atoms with Crippen LogP contribution in [-0.2, 0) is 34.7 Å². The van der Waals surface area contributed by atoms with Gasteiger partial charge in [0.15, 0.2) is 5.60 Å². The molecule has 3 atom stereocenters. The van der Waals surface area contributed by atoms with Crippen molar-refractivity contribution in [3.63, 3.8) is 0 Å². The Morgan fingerprint density at radius 1 is 1.06 bits per heavy atom. The van der Waals surface area contributed by atoms with Crippen molar-refractivity contribution >= 4 is 40.5 Å². The minimum atomic E-state index is -2.15. The van der Waals surface area contributed by atoms with Gasteiger partial charge < -0.3 is 31.1 Å². The summed E-state index contributed by atoms with van der Waals surface area (Å²) in [5, 5.41) is 36.5. The van der Waals surface area contributed by atoms with Crippen LogP contribution in [-0.4, -0.2) is 50.4 Å². The summed E-state index contributed by atoms with van der Waals surface area (Å²) in [6.45, 7) is 1.86. The maximum absolute atomic E-state index is 14.1. The molecule has 2 heterocycles. The van der Waals surface area contributed by atoms with Crippen LogP contribution in [0.2, 0.25) is 0 Å². The van der Waals surface area contributed by atoms with Crippen LogP contribution in [0.5, 0.6) is 0 Å². The van der Waals surface area contributed by atoms with Crippen LogP contribution in [0.15, 0.2) is 103 Å². The van der Waals surface area contributed by atoms with E-state index in [0.717, 1.165) is 11.1 Å². The lowest BCUT2D eigenvalue weighted by molar-refractivity contribution is -0.385. The van der Waals surface area contributed by atoms with Crippen molar-refractivity contribution in [3.8, 4) is 0 Å². The Hall–Kier alpha value is -5.85. The topological polar surface area (TPSA) is 179 Å². The molecule has 0 bridgehead atoms. The molecule has 2 aliphatic rings. The number of benzene rings is 4. The Balaban J connectivity index is 1.18. The molecular weight excluding hydrogens is 638 g/mol. The van der Waals surface area contributed by atoms with E-state index in [1.807, 2.05) is 24.3 Å². The molecule has 0 radical (unpaired) electrons. The molecule has 0 saturated heterocycles. The number of nitrogen functional groups attached to an aromatic ring is 1. The average molecular weight is 676 g/mol. The number of nitro benzene ring substituents is 1. The maximum atomic E-state index is 14.1. The number of hydrogen-bond donors (Lipinski definition) is 4. The summed E-state index contributed by atoms with van der Waals surface area (Å²) in [7, 11) is 0. The van der Waals surface area contributed by atoms with Gasteiger partial charge in [-0.3, -0.25) is 24.5 Å². The lowest BCUT2D eigenvalue weighted by Gasteiger charge is -2.36. The highest BCUT2D eigenvalue weighted by Crippen LogP contribution is 2.47. The summed E-state index contributed by atoms with van der Waals surface area (Å²) in [6.07, 6.45) is 3.68. The smallest absolute Gasteiger partial charge is 0.269 e. The summed E-state index contributed by atoms with van der Waals surface area (Å²) >= 11 is 0. The van der Waals surface area contributed by atoms with Gasteiger partial charge in [0.25, 0.3) is 17.5 Å². The number of carbonyl (C=O) groups excluding carboxylic acids is 3. The van der Waals surface area contributed by atoms with Gasteiger partial charge in [0.1, 0.15) is 0 Å². The highest BCUT2D eigenvalue weighted by atomic mass is 16.6. The molecule has 5 N–H and O–H groups in total. The number of nitrogens with two attached hydrogens (primary N) is 1. The molecule has 3 amide bonds. The molecular formula is C38H37N5O7. The molecule has 4 aromatic carbocycles. The van der Waals surface area contributed by atoms with Gasteiger partial charge in [-0.1, -0.05) is 55.5 Å². The van der Waals surface area contributed by atoms with Gasteiger partial charge in [0.05, 0.1) is 29.8 Å². The standard InChI is InChI=1S/C38H37N5O7/c1-24(5-4-8-35(45)41-22-28-7-3-2-6-27(28)19-32(41)23-44)38(48)33-20-31(43(49)50)17-18-34(33)42(37(38)47)21-25-9-15-30(16-10-25)40-36(46)26-11-13-29(39)14-12-26/h2-7,9-18,20,24,32,44,48H,8,19,21-23,39H2,1H3,(H,40,46)/b5-4+/t24-,32+,38+/m1/s1. The molecule has 256 valence electrons. The second-order valence-electron chi connectivity index (χ2n) is 12.6. The van der Waals surface area contributed by atoms with E-state index < -0.39 is 22.3 Å². The van der Waals surface area contributed by atoms with E-state index in [9.17, 15) is 34.7 Å². The zero-order valence-corrected chi connectivity index (χ0v) is 27.4. The SMILES string of the molecule is C[C@H](/C=C/CC(=O)N1Cc2ccccc2C[C@H]1CO)[C@@]1(O)C(=O)N(Cc2ccc(NC(=O)c3ccc(N)cc3)cc2)c2ccc([N+](=O)[O-])cc21. The molecule has 6 rings (SSSR count). The normalized spacial score (nSPS) is 18.9. The number of aliphatic hydroxyl groups is 2. The van der Waals surface area contributed by atoms with Gasteiger partial charge in [-0.25, -0.2) is 0 Å². The van der Waals surface area contributed by atoms with Crippen LogP contribution in [0, 0.1) is 16.0 Å². The first-order valence-corrected chi connectivity index (χ1v) is 16.2. The van der Waals surface area contributed by atoms with E-state index in [4.69, 9.17) is 5.73 Å². The fourth-order valence-corrected chi connectivity index (χ4v) is 6.59. The second kappa shape index (κ2) is 13.9. The third-order valence-corrected chi connectivity index (χ3v) is 9.45. The largest absolute Gasteiger partial charge is 0.399 e. The average Bonchev–Trinajstić information content (AvgIpc) is 3.33. The van der Waals surface area contributed by atoms with Crippen LogP contribution in [0.4, 0.5) is 22.7 Å². The van der Waals surface area contributed by atoms with Gasteiger partial charge in [0.2, 0.25) is 5.91 Å². The first-order valence-electron chi connectivity index (χ1n) is 16.2. The fourth-order valence-electron chi connectivity index (χ4n) is 6.59. The van der Waals surface area contributed by atoms with Gasteiger partial charge >= 0.3 is 0 Å². The predicted octanol–water partition coefficient (Wildman–Crippen LogP) is 4.69. The molecule has 12 heteroatoms. The number of anilines is 3. The summed E-state index contributed by atoms with van der Waals surface area (Å²) in [6, 6.07) is 24.8. The van der Waals surface area contributed by atoms with Crippen molar-refractivity contribution in [2.45, 2.75) is 44.5 Å². The van der Waals surface area contributed by atoms with E-state index in [-0.39, 0.29) is 48.7 Å². The quantitative estimate of drug-likeness (QED) is 0.0809. The molecule has 50 heavy (non-hydrogen) atoms. The van der Waals surface area contributed by atoms with Crippen molar-refractivity contribution in [3.05, 3.63) is 141 Å². The number of aliphatic hydroxyl groups excluding tert-OH is 1. The highest BCUT2D eigenvalue weighted by molar-refractivity contribution is 6.07. The van der Waals surface area contributed by atoms with E-state index in [1.54, 1.807) is 72.5 Å². The number of rotatable bonds is 10. The van der Waals surface area contributed by atoms with Crippen LogP contribution in [0.1, 0.15) is 46.0 Å². The molecule has 0 spiro atoms. The fraction of sp³-hybridized carbons (Fsp3) is 0.237. The van der Waals surface area contributed by atoms with Crippen molar-refractivity contribution in [2.75, 3.05) is 22.6 Å². The van der Waals surface area contributed by atoms with Gasteiger partial charge in [-0.05, 0) is 65.6 Å². The molecule has 0 aliphatic carbocycles. The van der Waals surface area contributed by atoms with Crippen molar-refractivity contribution in [1.29, 1.82) is 0 Å². The Kier molecular flexibility index (Phi) is 9.49. The van der Waals surface area contributed by atoms with E-state index in [1.165, 1.54) is 23.1 Å². The molecule has 2 aliphatic heterocycles. The Labute approximate surface area is 288 Å². The Bertz CT molecular complexity index is 1980. The first kappa shape index (κ1) is 34.0. The maximum Gasteiger partial charge on any atom is 0.269 e. The summed E-state index contributed by atoms with van der Waals surface area (Å²) in [4.78, 5) is 54.1. The van der Waals surface area contributed by atoms with Crippen LogP contribution in [0.25, 0.3) is 0 Å². The van der Waals surface area contributed by atoms with Crippen molar-refractivity contribution < 1.29 is 29.5 Å². The summed E-state index contributed by atoms with van der Waals surface area (Å²) in [5.41, 5.74) is 8.03. The first-order chi connectivity index (χ1) is 24.0. The van der Waals surface area contributed by atoms with Crippen LogP contribution >= 0.6 is 0 Å². The summed E-state index contributed by atoms with van der Waals surface area (Å²) in [5.74, 6) is -2.05. The van der Waals surface area contributed by atoms with Gasteiger partial charge in [-0.2, -0.15) is 0 Å². The number of carbonyl (C=O) groups is 3. The van der Waals surface area contributed by atoms with Crippen LogP contribution in [0.3, 0.4) is 0 Å². The van der Waals surface area contributed by atoms with Crippen molar-refractivity contribution in [2.24, 2.45) is 5.92 Å². The Morgan fingerprint density at radius 3 is 2.44 bits per heavy atom. The number of amides is 3. The van der Waals surface area contributed by atoms with Gasteiger partial charge in [-0.15, -0.1) is 0 Å². The zero-order valence-electron chi connectivity index (χ0n) is 27.4. The lowest BCUT2D eigenvalue weighted by Crippen LogP contribution is -2.46. The van der Waals surface area contributed by atoms with E-state index in [0.29, 0.717) is 41.2 Å². The number of nitro groups is 1. The Morgan fingerprint density at radius 2 is 1.76 bits per heavy atom. The minimum absolute atomic E-state index is 0.0278. The molecule has 12 nitrogen and oxygen atoms in total. The third kappa shape index (κ3) is 6.58. The highest BCUT2D eigenvalue weighted by Gasteiger charge is 2.53. The molecule has 0 fully saturated rings. The molecule has 4 aromatic rings. The number of nitrogens with one attached hydrogen (secondary N) is 1. The lowest BCUT2D eigenvalue weighted by atomic mass is 9.82. The molecule has 0 aromatic heterocycles. The number of non-ortho nitro benzene ring substituents is 1. The number of nitrogens with zero attached hydrogens (tertiary/aromatic N) is 3. The number of fused-ring (bicyclic) bond motifs is 2. The van der Waals surface area contributed by atoms with E-state index >= 15 is 0 Å². The predicted molar refractivity (Wildman–Crippen MR) is 188 cm³/mol. The summed E-state index contributed by atoms with van der Waals surface area (Å²) < 4.78 is 0. The van der Waals surface area contributed by atoms with Crippen LogP contribution < -0.4 is 16.0 Å². The number of hydrogen-bond acceptors (Lipinski definition) is 8. The van der Waals surface area contributed by atoms with Crippen molar-refractivity contribution in [1.82, 2.24) is 4.90 Å². The zero-order chi connectivity index (χ0) is 35.6. The second-order valence-corrected chi connectivity index (χ2v) is 12.6. The molecule has 0 unspecified atom stereocenters.